The Kier molecular flexibility index (Phi) is 4.01. The van der Waals surface area contributed by atoms with Crippen LogP contribution in [0.2, 0.25) is 0 Å². The normalized spacial score (nSPS) is 16.9. The van der Waals surface area contributed by atoms with E-state index in [1.54, 1.807) is 18.9 Å². The summed E-state index contributed by atoms with van der Waals surface area (Å²) in [5.41, 5.74) is -0.511. The minimum atomic E-state index is -0.511. The number of rotatable bonds is 4. The summed E-state index contributed by atoms with van der Waals surface area (Å²) in [6, 6.07) is -0.185. The van der Waals surface area contributed by atoms with Gasteiger partial charge in [0.25, 0.3) is 0 Å². The van der Waals surface area contributed by atoms with Gasteiger partial charge in [-0.1, -0.05) is 18.0 Å². The maximum atomic E-state index is 12.2. The van der Waals surface area contributed by atoms with E-state index in [-0.39, 0.29) is 12.1 Å². The van der Waals surface area contributed by atoms with Crippen LogP contribution in [0.15, 0.2) is 4.52 Å². The summed E-state index contributed by atoms with van der Waals surface area (Å²) in [4.78, 5) is 18.0. The zero-order valence-electron chi connectivity index (χ0n) is 12.8. The SMILES string of the molecule is Cc1nc([C@H](CC2CC2)N(C)C(=O)OC(C)(C)C)no1. The molecule has 1 amide bonds. The molecule has 0 aliphatic heterocycles. The predicted octanol–water partition coefficient (Wildman–Crippen LogP) is 3.09. The number of hydrogen-bond acceptors (Lipinski definition) is 5. The molecule has 0 unspecified atom stereocenters. The van der Waals surface area contributed by atoms with E-state index in [1.165, 1.54) is 12.8 Å². The first kappa shape index (κ1) is 14.8. The standard InChI is InChI=1S/C14H23N3O3/c1-9-15-12(16-20-9)11(8-10-6-7-10)17(5)13(18)19-14(2,3)4/h10-11H,6-8H2,1-5H3/t11-/m0/s1. The highest BCUT2D eigenvalue weighted by atomic mass is 16.6. The maximum absolute atomic E-state index is 12.2. The number of aryl methyl sites for hydroxylation is 1. The van der Waals surface area contributed by atoms with Crippen LogP contribution in [0.4, 0.5) is 4.79 Å². The third-order valence-corrected chi connectivity index (χ3v) is 3.24. The number of aromatic nitrogens is 2. The Bertz CT molecular complexity index is 474. The number of amides is 1. The van der Waals surface area contributed by atoms with Gasteiger partial charge in [0, 0.05) is 14.0 Å². The van der Waals surface area contributed by atoms with Gasteiger partial charge in [-0.2, -0.15) is 4.98 Å². The van der Waals surface area contributed by atoms with Gasteiger partial charge < -0.3 is 14.2 Å². The zero-order chi connectivity index (χ0) is 14.9. The van der Waals surface area contributed by atoms with Crippen LogP contribution in [0, 0.1) is 12.8 Å². The summed E-state index contributed by atoms with van der Waals surface area (Å²) in [5.74, 6) is 1.71. The van der Waals surface area contributed by atoms with Gasteiger partial charge >= 0.3 is 6.09 Å². The van der Waals surface area contributed by atoms with Gasteiger partial charge in [-0.25, -0.2) is 4.79 Å². The summed E-state index contributed by atoms with van der Waals surface area (Å²) in [5, 5.41) is 3.96. The van der Waals surface area contributed by atoms with Crippen LogP contribution in [0.5, 0.6) is 0 Å². The van der Waals surface area contributed by atoms with E-state index in [2.05, 4.69) is 10.1 Å². The third kappa shape index (κ3) is 3.95. The quantitative estimate of drug-likeness (QED) is 0.848. The van der Waals surface area contributed by atoms with Crippen molar-refractivity contribution in [2.45, 2.75) is 58.6 Å². The van der Waals surface area contributed by atoms with Gasteiger partial charge in [-0.3, -0.25) is 0 Å². The molecule has 6 nitrogen and oxygen atoms in total. The fourth-order valence-electron chi connectivity index (χ4n) is 2.02. The second-order valence-electron chi connectivity index (χ2n) is 6.46. The van der Waals surface area contributed by atoms with Crippen molar-refractivity contribution in [2.75, 3.05) is 7.05 Å². The Balaban J connectivity index is 2.11. The average molecular weight is 281 g/mol. The van der Waals surface area contributed by atoms with E-state index in [0.29, 0.717) is 17.6 Å². The molecule has 6 heteroatoms. The van der Waals surface area contributed by atoms with Crippen molar-refractivity contribution in [3.05, 3.63) is 11.7 Å². The fourth-order valence-corrected chi connectivity index (χ4v) is 2.02. The molecule has 0 saturated heterocycles. The third-order valence-electron chi connectivity index (χ3n) is 3.24. The van der Waals surface area contributed by atoms with E-state index < -0.39 is 5.60 Å². The molecule has 0 spiro atoms. The number of nitrogens with zero attached hydrogens (tertiary/aromatic N) is 3. The van der Waals surface area contributed by atoms with Crippen molar-refractivity contribution >= 4 is 6.09 Å². The van der Waals surface area contributed by atoms with Crippen molar-refractivity contribution < 1.29 is 14.1 Å². The molecule has 1 aliphatic rings. The van der Waals surface area contributed by atoms with Gasteiger partial charge in [-0.05, 0) is 33.1 Å². The second-order valence-corrected chi connectivity index (χ2v) is 6.46. The van der Waals surface area contributed by atoms with Crippen LogP contribution in [0.1, 0.15) is 57.8 Å². The Morgan fingerprint density at radius 3 is 2.60 bits per heavy atom. The van der Waals surface area contributed by atoms with Crippen LogP contribution < -0.4 is 0 Å². The highest BCUT2D eigenvalue weighted by molar-refractivity contribution is 5.68. The first-order chi connectivity index (χ1) is 9.26. The molecule has 1 aromatic heterocycles. The lowest BCUT2D eigenvalue weighted by molar-refractivity contribution is 0.0197. The molecule has 112 valence electrons. The first-order valence-electron chi connectivity index (χ1n) is 7.02. The molecule has 1 fully saturated rings. The number of carbonyl (C=O) groups excluding carboxylic acids is 1. The van der Waals surface area contributed by atoms with Gasteiger partial charge in [0.1, 0.15) is 5.60 Å². The highest BCUT2D eigenvalue weighted by Gasteiger charge is 2.34. The zero-order valence-corrected chi connectivity index (χ0v) is 12.8. The van der Waals surface area contributed by atoms with Gasteiger partial charge in [0.15, 0.2) is 5.82 Å². The van der Waals surface area contributed by atoms with Gasteiger partial charge in [0.2, 0.25) is 5.89 Å². The van der Waals surface area contributed by atoms with Crippen molar-refractivity contribution in [3.63, 3.8) is 0 Å². The summed E-state index contributed by atoms with van der Waals surface area (Å²) in [6.45, 7) is 7.31. The van der Waals surface area contributed by atoms with Gasteiger partial charge in [-0.15, -0.1) is 0 Å². The number of ether oxygens (including phenoxy) is 1. The van der Waals surface area contributed by atoms with E-state index in [4.69, 9.17) is 9.26 Å². The van der Waals surface area contributed by atoms with Crippen LogP contribution in [-0.4, -0.2) is 33.8 Å². The Labute approximate surface area is 119 Å². The molecule has 20 heavy (non-hydrogen) atoms. The predicted molar refractivity (Wildman–Crippen MR) is 73.1 cm³/mol. The van der Waals surface area contributed by atoms with E-state index in [1.807, 2.05) is 20.8 Å². The van der Waals surface area contributed by atoms with Crippen molar-refractivity contribution in [1.82, 2.24) is 15.0 Å². The fraction of sp³-hybridized carbons (Fsp3) is 0.786. The van der Waals surface area contributed by atoms with Crippen molar-refractivity contribution in [1.29, 1.82) is 0 Å². The minimum Gasteiger partial charge on any atom is -0.444 e. The van der Waals surface area contributed by atoms with Crippen LogP contribution in [-0.2, 0) is 4.74 Å². The highest BCUT2D eigenvalue weighted by Crippen LogP contribution is 2.39. The number of carbonyl (C=O) groups is 1. The van der Waals surface area contributed by atoms with Gasteiger partial charge in [0.05, 0.1) is 6.04 Å². The Morgan fingerprint density at radius 1 is 1.50 bits per heavy atom. The summed E-state index contributed by atoms with van der Waals surface area (Å²) < 4.78 is 10.4. The molecular weight excluding hydrogens is 258 g/mol. The Hall–Kier alpha value is -1.59. The molecule has 1 heterocycles. The molecule has 0 radical (unpaired) electrons. The van der Waals surface area contributed by atoms with Crippen LogP contribution in [0.25, 0.3) is 0 Å². The molecule has 0 aromatic carbocycles. The van der Waals surface area contributed by atoms with Crippen molar-refractivity contribution in [2.24, 2.45) is 5.92 Å². The van der Waals surface area contributed by atoms with Crippen molar-refractivity contribution in [3.8, 4) is 0 Å². The van der Waals surface area contributed by atoms with Crippen LogP contribution >= 0.6 is 0 Å². The van der Waals surface area contributed by atoms with Crippen LogP contribution in [0.3, 0.4) is 0 Å². The lowest BCUT2D eigenvalue weighted by Crippen LogP contribution is -2.37. The summed E-state index contributed by atoms with van der Waals surface area (Å²) in [6.07, 6.45) is 2.91. The molecule has 1 aliphatic carbocycles. The number of hydrogen-bond donors (Lipinski definition) is 0. The lowest BCUT2D eigenvalue weighted by Gasteiger charge is -2.29. The van der Waals surface area contributed by atoms with E-state index in [0.717, 1.165) is 6.42 Å². The topological polar surface area (TPSA) is 68.5 Å². The molecule has 2 rings (SSSR count). The molecular formula is C14H23N3O3. The molecule has 1 saturated carbocycles. The summed E-state index contributed by atoms with van der Waals surface area (Å²) in [7, 11) is 1.73. The Morgan fingerprint density at radius 2 is 2.15 bits per heavy atom. The lowest BCUT2D eigenvalue weighted by atomic mass is 10.1. The molecule has 0 bridgehead atoms. The maximum Gasteiger partial charge on any atom is 0.410 e. The monoisotopic (exact) mass is 281 g/mol. The largest absolute Gasteiger partial charge is 0.444 e. The minimum absolute atomic E-state index is 0.185. The molecule has 0 N–H and O–H groups in total. The van der Waals surface area contributed by atoms with E-state index >= 15 is 0 Å². The average Bonchev–Trinajstić information content (AvgIpc) is 3.04. The molecule has 1 aromatic rings. The first-order valence-corrected chi connectivity index (χ1v) is 7.02. The molecule has 1 atom stereocenters. The smallest absolute Gasteiger partial charge is 0.410 e. The summed E-state index contributed by atoms with van der Waals surface area (Å²) >= 11 is 0. The van der Waals surface area contributed by atoms with E-state index in [9.17, 15) is 4.79 Å². The second kappa shape index (κ2) is 5.42.